The summed E-state index contributed by atoms with van der Waals surface area (Å²) < 4.78 is 0. The Morgan fingerprint density at radius 3 is 1.85 bits per heavy atom. The molecule has 5 N–H and O–H groups in total. The van der Waals surface area contributed by atoms with Crippen molar-refractivity contribution in [2.45, 2.75) is 38.6 Å². The van der Waals surface area contributed by atoms with E-state index in [1.165, 1.54) is 25.7 Å². The van der Waals surface area contributed by atoms with Gasteiger partial charge in [-0.1, -0.05) is 26.2 Å². The molecule has 1 heterocycles. The van der Waals surface area contributed by atoms with Crippen LogP contribution in [0.15, 0.2) is 0 Å². The number of hydrogen-bond donors (Lipinski definition) is 5. The van der Waals surface area contributed by atoms with Crippen LogP contribution in [0.3, 0.4) is 0 Å². The quantitative estimate of drug-likeness (QED) is 0.467. The minimum atomic E-state index is 0.617. The molecule has 120 valence electrons. The predicted molar refractivity (Wildman–Crippen MR) is 87.4 cm³/mol. The molecule has 0 saturated carbocycles. The highest BCUT2D eigenvalue weighted by atomic mass is 15.0. The molecule has 0 aromatic heterocycles. The molecule has 1 rings (SSSR count). The highest BCUT2D eigenvalue weighted by molar-refractivity contribution is 4.71. The Bertz CT molecular complexity index is 185. The van der Waals surface area contributed by atoms with E-state index >= 15 is 0 Å². The number of unbranched alkanes of at least 4 members (excludes halogenated alkanes) is 2. The van der Waals surface area contributed by atoms with Gasteiger partial charge in [0.25, 0.3) is 0 Å². The van der Waals surface area contributed by atoms with Crippen LogP contribution in [0.5, 0.6) is 0 Å². The van der Waals surface area contributed by atoms with Gasteiger partial charge in [0.1, 0.15) is 0 Å². The van der Waals surface area contributed by atoms with Gasteiger partial charge in [0.05, 0.1) is 0 Å². The van der Waals surface area contributed by atoms with Crippen molar-refractivity contribution in [3.05, 3.63) is 0 Å². The molecule has 0 aliphatic carbocycles. The van der Waals surface area contributed by atoms with Gasteiger partial charge in [-0.3, -0.25) is 0 Å². The van der Waals surface area contributed by atoms with Crippen LogP contribution in [0.25, 0.3) is 0 Å². The van der Waals surface area contributed by atoms with E-state index in [4.69, 9.17) is 0 Å². The summed E-state index contributed by atoms with van der Waals surface area (Å²) in [4.78, 5) is 0. The molecular weight excluding hydrogens is 250 g/mol. The molecule has 20 heavy (non-hydrogen) atoms. The molecule has 5 nitrogen and oxygen atoms in total. The van der Waals surface area contributed by atoms with Crippen molar-refractivity contribution in [3.8, 4) is 0 Å². The summed E-state index contributed by atoms with van der Waals surface area (Å²) in [5.41, 5.74) is 0. The molecule has 1 aliphatic heterocycles. The van der Waals surface area contributed by atoms with Gasteiger partial charge in [-0.15, -0.1) is 0 Å². The second-order valence-corrected chi connectivity index (χ2v) is 5.60. The summed E-state index contributed by atoms with van der Waals surface area (Å²) in [6.07, 6.45) is 5.28. The van der Waals surface area contributed by atoms with Crippen LogP contribution < -0.4 is 26.6 Å². The maximum atomic E-state index is 3.68. The standard InChI is InChI=1S/C15H35N5/c1-2-3-4-5-15-14-19-11-10-17-7-6-16-8-9-18-12-13-20-15/h15-20H,2-14H2,1H3/t15-/m0/s1. The lowest BCUT2D eigenvalue weighted by Gasteiger charge is -2.19. The van der Waals surface area contributed by atoms with Crippen LogP contribution in [0.1, 0.15) is 32.6 Å². The van der Waals surface area contributed by atoms with Gasteiger partial charge in [0.2, 0.25) is 0 Å². The van der Waals surface area contributed by atoms with Gasteiger partial charge >= 0.3 is 0 Å². The summed E-state index contributed by atoms with van der Waals surface area (Å²) in [5.74, 6) is 0. The zero-order valence-corrected chi connectivity index (χ0v) is 13.3. The number of rotatable bonds is 4. The smallest absolute Gasteiger partial charge is 0.0193 e. The first-order valence-electron chi connectivity index (χ1n) is 8.49. The van der Waals surface area contributed by atoms with E-state index in [9.17, 15) is 0 Å². The fourth-order valence-corrected chi connectivity index (χ4v) is 2.46. The third-order valence-corrected chi connectivity index (χ3v) is 3.72. The zero-order chi connectivity index (χ0) is 14.3. The summed E-state index contributed by atoms with van der Waals surface area (Å²) >= 11 is 0. The Kier molecular flexibility index (Phi) is 12.3. The molecule has 0 unspecified atom stereocenters. The molecule has 0 amide bonds. The lowest BCUT2D eigenvalue weighted by molar-refractivity contribution is 0.429. The summed E-state index contributed by atoms with van der Waals surface area (Å²) in [7, 11) is 0. The molecule has 1 saturated heterocycles. The summed E-state index contributed by atoms with van der Waals surface area (Å²) in [6.45, 7) is 11.8. The van der Waals surface area contributed by atoms with Crippen molar-refractivity contribution in [3.63, 3.8) is 0 Å². The van der Waals surface area contributed by atoms with Crippen molar-refractivity contribution >= 4 is 0 Å². The summed E-state index contributed by atoms with van der Waals surface area (Å²) in [5, 5.41) is 17.6. The number of nitrogens with one attached hydrogen (secondary N) is 5. The molecule has 0 bridgehead atoms. The van der Waals surface area contributed by atoms with Crippen LogP contribution in [0, 0.1) is 0 Å². The first-order chi connectivity index (χ1) is 9.93. The van der Waals surface area contributed by atoms with E-state index in [0.29, 0.717) is 6.04 Å². The molecule has 0 aromatic rings. The normalized spacial score (nSPS) is 24.8. The van der Waals surface area contributed by atoms with Gasteiger partial charge < -0.3 is 26.6 Å². The maximum absolute atomic E-state index is 3.68. The Morgan fingerprint density at radius 1 is 0.700 bits per heavy atom. The largest absolute Gasteiger partial charge is 0.314 e. The van der Waals surface area contributed by atoms with Crippen molar-refractivity contribution in [1.82, 2.24) is 26.6 Å². The molecule has 1 aliphatic rings. The van der Waals surface area contributed by atoms with Crippen LogP contribution >= 0.6 is 0 Å². The topological polar surface area (TPSA) is 60.1 Å². The van der Waals surface area contributed by atoms with Crippen LogP contribution in [-0.2, 0) is 0 Å². The maximum Gasteiger partial charge on any atom is 0.0193 e. The molecular formula is C15H35N5. The zero-order valence-electron chi connectivity index (χ0n) is 13.3. The average Bonchev–Trinajstić information content (AvgIpc) is 2.47. The highest BCUT2D eigenvalue weighted by Gasteiger charge is 2.07. The molecule has 5 heteroatoms. The third-order valence-electron chi connectivity index (χ3n) is 3.72. The Balaban J connectivity index is 2.21. The molecule has 1 atom stereocenters. The first kappa shape index (κ1) is 17.9. The summed E-state index contributed by atoms with van der Waals surface area (Å²) in [6, 6.07) is 0.617. The fourth-order valence-electron chi connectivity index (χ4n) is 2.46. The SMILES string of the molecule is CCCCC[C@H]1CNCCNCCNCCNCCN1. The average molecular weight is 285 g/mol. The van der Waals surface area contributed by atoms with Crippen molar-refractivity contribution in [2.75, 3.05) is 58.9 Å². The van der Waals surface area contributed by atoms with E-state index < -0.39 is 0 Å². The van der Waals surface area contributed by atoms with Crippen LogP contribution in [0.2, 0.25) is 0 Å². The predicted octanol–water partition coefficient (Wildman–Crippen LogP) is -0.103. The van der Waals surface area contributed by atoms with Crippen LogP contribution in [-0.4, -0.2) is 64.9 Å². The van der Waals surface area contributed by atoms with Gasteiger partial charge in [0.15, 0.2) is 0 Å². The number of hydrogen-bond acceptors (Lipinski definition) is 5. The molecule has 0 aromatic carbocycles. The lowest BCUT2D eigenvalue weighted by Crippen LogP contribution is -2.43. The first-order valence-corrected chi connectivity index (χ1v) is 8.49. The highest BCUT2D eigenvalue weighted by Crippen LogP contribution is 2.02. The third kappa shape index (κ3) is 10.6. The van der Waals surface area contributed by atoms with Gasteiger partial charge in [-0.2, -0.15) is 0 Å². The van der Waals surface area contributed by atoms with Gasteiger partial charge in [0, 0.05) is 64.9 Å². The monoisotopic (exact) mass is 285 g/mol. The molecule has 1 fully saturated rings. The Labute approximate surface area is 125 Å². The van der Waals surface area contributed by atoms with Crippen molar-refractivity contribution in [1.29, 1.82) is 0 Å². The molecule has 0 radical (unpaired) electrons. The second-order valence-electron chi connectivity index (χ2n) is 5.60. The van der Waals surface area contributed by atoms with Crippen molar-refractivity contribution < 1.29 is 0 Å². The van der Waals surface area contributed by atoms with Crippen molar-refractivity contribution in [2.24, 2.45) is 0 Å². The van der Waals surface area contributed by atoms with E-state index in [-0.39, 0.29) is 0 Å². The van der Waals surface area contributed by atoms with E-state index in [2.05, 4.69) is 33.5 Å². The van der Waals surface area contributed by atoms with E-state index in [0.717, 1.165) is 58.9 Å². The Morgan fingerprint density at radius 2 is 1.25 bits per heavy atom. The minimum Gasteiger partial charge on any atom is -0.314 e. The Hall–Kier alpha value is -0.200. The lowest BCUT2D eigenvalue weighted by atomic mass is 10.1. The second kappa shape index (κ2) is 13.8. The van der Waals surface area contributed by atoms with E-state index in [1.807, 2.05) is 0 Å². The van der Waals surface area contributed by atoms with E-state index in [1.54, 1.807) is 0 Å². The van der Waals surface area contributed by atoms with Crippen LogP contribution in [0.4, 0.5) is 0 Å². The minimum absolute atomic E-state index is 0.617. The fraction of sp³-hybridized carbons (Fsp3) is 1.00. The molecule has 0 spiro atoms. The van der Waals surface area contributed by atoms with Gasteiger partial charge in [-0.05, 0) is 6.42 Å². The van der Waals surface area contributed by atoms with Gasteiger partial charge in [-0.25, -0.2) is 0 Å².